The maximum Gasteiger partial charge on any atom is 0.0672 e. The summed E-state index contributed by atoms with van der Waals surface area (Å²) >= 11 is 0. The van der Waals surface area contributed by atoms with Crippen LogP contribution in [0.15, 0.2) is 42.9 Å². The van der Waals surface area contributed by atoms with Crippen LogP contribution in [-0.4, -0.2) is 9.97 Å². The average molecular weight is 228 g/mol. The highest BCUT2D eigenvalue weighted by Crippen LogP contribution is 2.16. The van der Waals surface area contributed by atoms with Crippen LogP contribution in [0.2, 0.25) is 0 Å². The van der Waals surface area contributed by atoms with Crippen LogP contribution in [0.4, 0.5) is 0 Å². The van der Waals surface area contributed by atoms with Crippen molar-refractivity contribution in [2.24, 2.45) is 5.84 Å². The van der Waals surface area contributed by atoms with E-state index in [4.69, 9.17) is 5.84 Å². The number of hydrogen-bond donors (Lipinski definition) is 2. The number of aryl methyl sites for hydroxylation is 1. The third-order valence-corrected chi connectivity index (χ3v) is 2.68. The summed E-state index contributed by atoms with van der Waals surface area (Å²) in [5, 5.41) is 0. The molecule has 17 heavy (non-hydrogen) atoms. The maximum absolute atomic E-state index is 5.60. The molecule has 2 aromatic rings. The number of nitrogens with two attached hydrogens (primary N) is 1. The molecule has 1 atom stereocenters. The van der Waals surface area contributed by atoms with Crippen molar-refractivity contribution in [2.75, 3.05) is 0 Å². The lowest BCUT2D eigenvalue weighted by Crippen LogP contribution is -2.30. The van der Waals surface area contributed by atoms with Crippen LogP contribution < -0.4 is 11.3 Å². The van der Waals surface area contributed by atoms with Gasteiger partial charge in [-0.25, -0.2) is 0 Å². The van der Waals surface area contributed by atoms with E-state index in [9.17, 15) is 0 Å². The van der Waals surface area contributed by atoms with Gasteiger partial charge in [-0.2, -0.15) is 0 Å². The third-order valence-electron chi connectivity index (χ3n) is 2.68. The van der Waals surface area contributed by atoms with Crippen LogP contribution in [0.25, 0.3) is 0 Å². The van der Waals surface area contributed by atoms with Gasteiger partial charge in [-0.3, -0.25) is 21.2 Å². The fraction of sp³-hybridized carbons (Fsp3) is 0.231. The SMILES string of the molecule is Cc1ccnc(C(Cc2ccncc2)NN)c1. The number of hydrazine groups is 1. The molecule has 3 N–H and O–H groups in total. The lowest BCUT2D eigenvalue weighted by molar-refractivity contribution is 0.538. The van der Waals surface area contributed by atoms with Crippen molar-refractivity contribution in [3.8, 4) is 0 Å². The van der Waals surface area contributed by atoms with Gasteiger partial charge in [0.15, 0.2) is 0 Å². The Morgan fingerprint density at radius 2 is 2.00 bits per heavy atom. The Morgan fingerprint density at radius 1 is 1.24 bits per heavy atom. The van der Waals surface area contributed by atoms with E-state index in [1.807, 2.05) is 37.4 Å². The smallest absolute Gasteiger partial charge is 0.0672 e. The van der Waals surface area contributed by atoms with Gasteiger partial charge in [0.25, 0.3) is 0 Å². The molecule has 0 aliphatic heterocycles. The lowest BCUT2D eigenvalue weighted by atomic mass is 10.0. The van der Waals surface area contributed by atoms with E-state index in [1.165, 1.54) is 11.1 Å². The van der Waals surface area contributed by atoms with E-state index in [0.717, 1.165) is 12.1 Å². The molecule has 88 valence electrons. The zero-order valence-corrected chi connectivity index (χ0v) is 9.80. The summed E-state index contributed by atoms with van der Waals surface area (Å²) in [5.41, 5.74) is 6.14. The van der Waals surface area contributed by atoms with Gasteiger partial charge in [-0.15, -0.1) is 0 Å². The number of pyridine rings is 2. The summed E-state index contributed by atoms with van der Waals surface area (Å²) in [7, 11) is 0. The van der Waals surface area contributed by atoms with E-state index >= 15 is 0 Å². The summed E-state index contributed by atoms with van der Waals surface area (Å²) in [6.07, 6.45) is 6.18. The van der Waals surface area contributed by atoms with Gasteiger partial charge < -0.3 is 0 Å². The quantitative estimate of drug-likeness (QED) is 0.615. The Balaban J connectivity index is 2.17. The Bertz CT molecular complexity index is 470. The van der Waals surface area contributed by atoms with Crippen molar-refractivity contribution in [3.05, 3.63) is 59.7 Å². The highest BCUT2D eigenvalue weighted by molar-refractivity contribution is 5.20. The fourth-order valence-electron chi connectivity index (χ4n) is 1.75. The summed E-state index contributed by atoms with van der Waals surface area (Å²) in [5.74, 6) is 5.60. The maximum atomic E-state index is 5.60. The van der Waals surface area contributed by atoms with Crippen LogP contribution in [0.1, 0.15) is 22.9 Å². The van der Waals surface area contributed by atoms with Crippen LogP contribution >= 0.6 is 0 Å². The second-order valence-electron chi connectivity index (χ2n) is 4.04. The highest BCUT2D eigenvalue weighted by atomic mass is 15.2. The van der Waals surface area contributed by atoms with Crippen molar-refractivity contribution >= 4 is 0 Å². The van der Waals surface area contributed by atoms with Crippen molar-refractivity contribution in [1.82, 2.24) is 15.4 Å². The Kier molecular flexibility index (Phi) is 3.80. The van der Waals surface area contributed by atoms with E-state index < -0.39 is 0 Å². The number of aromatic nitrogens is 2. The molecular weight excluding hydrogens is 212 g/mol. The average Bonchev–Trinajstić information content (AvgIpc) is 2.37. The van der Waals surface area contributed by atoms with Crippen LogP contribution in [-0.2, 0) is 6.42 Å². The van der Waals surface area contributed by atoms with Crippen molar-refractivity contribution in [2.45, 2.75) is 19.4 Å². The molecule has 0 saturated heterocycles. The Labute approximate surface area is 101 Å². The minimum absolute atomic E-state index is 0.0253. The molecule has 0 amide bonds. The molecule has 0 bridgehead atoms. The molecule has 0 spiro atoms. The first-order valence-electron chi connectivity index (χ1n) is 5.57. The summed E-state index contributed by atoms with van der Waals surface area (Å²) in [6, 6.07) is 8.02. The molecule has 2 heterocycles. The van der Waals surface area contributed by atoms with Crippen molar-refractivity contribution in [1.29, 1.82) is 0 Å². The first-order chi connectivity index (χ1) is 8.29. The molecule has 1 unspecified atom stereocenters. The number of hydrogen-bond acceptors (Lipinski definition) is 4. The largest absolute Gasteiger partial charge is 0.271 e. The molecule has 4 heteroatoms. The van der Waals surface area contributed by atoms with E-state index in [2.05, 4.69) is 15.4 Å². The third kappa shape index (κ3) is 3.09. The van der Waals surface area contributed by atoms with Crippen molar-refractivity contribution in [3.63, 3.8) is 0 Å². The van der Waals surface area contributed by atoms with Crippen LogP contribution in [0, 0.1) is 6.92 Å². The Hall–Kier alpha value is -1.78. The zero-order chi connectivity index (χ0) is 12.1. The van der Waals surface area contributed by atoms with Gasteiger partial charge in [-0.05, 0) is 48.7 Å². The Morgan fingerprint density at radius 3 is 2.65 bits per heavy atom. The highest BCUT2D eigenvalue weighted by Gasteiger charge is 2.11. The van der Waals surface area contributed by atoms with Gasteiger partial charge in [0, 0.05) is 18.6 Å². The minimum atomic E-state index is 0.0253. The van der Waals surface area contributed by atoms with E-state index in [0.29, 0.717) is 0 Å². The predicted octanol–water partition coefficient (Wildman–Crippen LogP) is 1.53. The van der Waals surface area contributed by atoms with Gasteiger partial charge in [-0.1, -0.05) is 0 Å². The first kappa shape index (κ1) is 11.7. The fourth-order valence-corrected chi connectivity index (χ4v) is 1.75. The number of rotatable bonds is 4. The van der Waals surface area contributed by atoms with Gasteiger partial charge >= 0.3 is 0 Å². The molecule has 0 aliphatic rings. The minimum Gasteiger partial charge on any atom is -0.271 e. The van der Waals surface area contributed by atoms with Gasteiger partial charge in [0.05, 0.1) is 11.7 Å². The topological polar surface area (TPSA) is 63.8 Å². The van der Waals surface area contributed by atoms with Gasteiger partial charge in [0.2, 0.25) is 0 Å². The monoisotopic (exact) mass is 228 g/mol. The zero-order valence-electron chi connectivity index (χ0n) is 9.80. The lowest BCUT2D eigenvalue weighted by Gasteiger charge is -2.15. The molecule has 2 aromatic heterocycles. The number of nitrogens with one attached hydrogen (secondary N) is 1. The van der Waals surface area contributed by atoms with Crippen LogP contribution in [0.3, 0.4) is 0 Å². The molecule has 0 aliphatic carbocycles. The predicted molar refractivity (Wildman–Crippen MR) is 67.0 cm³/mol. The van der Waals surface area contributed by atoms with E-state index in [-0.39, 0.29) is 6.04 Å². The first-order valence-corrected chi connectivity index (χ1v) is 5.57. The normalized spacial score (nSPS) is 12.4. The van der Waals surface area contributed by atoms with Crippen molar-refractivity contribution < 1.29 is 0 Å². The summed E-state index contributed by atoms with van der Waals surface area (Å²) in [6.45, 7) is 2.05. The van der Waals surface area contributed by atoms with Gasteiger partial charge in [0.1, 0.15) is 0 Å². The molecule has 0 aromatic carbocycles. The second kappa shape index (κ2) is 5.52. The summed E-state index contributed by atoms with van der Waals surface area (Å²) < 4.78 is 0. The second-order valence-corrected chi connectivity index (χ2v) is 4.04. The van der Waals surface area contributed by atoms with Crippen LogP contribution in [0.5, 0.6) is 0 Å². The van der Waals surface area contributed by atoms with E-state index in [1.54, 1.807) is 12.4 Å². The standard InChI is InChI=1S/C13H16N4/c1-10-2-7-16-12(8-10)13(17-14)9-11-3-5-15-6-4-11/h2-8,13,17H,9,14H2,1H3. The number of nitrogens with zero attached hydrogens (tertiary/aromatic N) is 2. The summed E-state index contributed by atoms with van der Waals surface area (Å²) in [4.78, 5) is 8.35. The molecule has 0 saturated carbocycles. The molecule has 4 nitrogen and oxygen atoms in total. The molecule has 0 fully saturated rings. The molecule has 2 rings (SSSR count). The molecular formula is C13H16N4. The molecule has 0 radical (unpaired) electrons.